The molecular formula is C7H8F2N2. The zero-order chi connectivity index (χ0) is 8.43. The summed E-state index contributed by atoms with van der Waals surface area (Å²) in [6.45, 7) is 0. The second-order valence-corrected chi connectivity index (χ2v) is 2.07. The van der Waals surface area contributed by atoms with Crippen molar-refractivity contribution in [3.63, 3.8) is 0 Å². The van der Waals surface area contributed by atoms with Crippen molar-refractivity contribution in [1.82, 2.24) is 0 Å². The van der Waals surface area contributed by atoms with Gasteiger partial charge in [0.05, 0.1) is 11.4 Å². The molecule has 0 saturated carbocycles. The van der Waals surface area contributed by atoms with E-state index < -0.39 is 11.6 Å². The summed E-state index contributed by atoms with van der Waals surface area (Å²) in [5.74, 6) is -1.93. The van der Waals surface area contributed by atoms with Gasteiger partial charge in [0.1, 0.15) is 0 Å². The molecule has 0 fully saturated rings. The Morgan fingerprint density at radius 3 is 2.55 bits per heavy atom. The van der Waals surface area contributed by atoms with Crippen molar-refractivity contribution in [2.24, 2.45) is 0 Å². The van der Waals surface area contributed by atoms with Gasteiger partial charge in [-0.15, -0.1) is 0 Å². The van der Waals surface area contributed by atoms with Crippen LogP contribution in [0.2, 0.25) is 0 Å². The maximum absolute atomic E-state index is 12.6. The molecule has 0 bridgehead atoms. The Bertz CT molecular complexity index is 273. The van der Waals surface area contributed by atoms with E-state index in [2.05, 4.69) is 5.32 Å². The Morgan fingerprint density at radius 2 is 2.00 bits per heavy atom. The van der Waals surface area contributed by atoms with Crippen LogP contribution in [-0.4, -0.2) is 7.05 Å². The first-order chi connectivity index (χ1) is 5.16. The average Bonchev–Trinajstić information content (AvgIpc) is 2.01. The minimum atomic E-state index is -1.00. The van der Waals surface area contributed by atoms with E-state index in [9.17, 15) is 8.78 Å². The molecule has 0 spiro atoms. The van der Waals surface area contributed by atoms with E-state index in [4.69, 9.17) is 5.73 Å². The number of halogens is 2. The van der Waals surface area contributed by atoms with Crippen molar-refractivity contribution in [3.8, 4) is 0 Å². The standard InChI is InChI=1S/C7H8F2N2/c1-11-5-3-2-4(8)6(9)7(5)10/h2-3,11H,10H2,1H3. The number of anilines is 2. The van der Waals surface area contributed by atoms with Gasteiger partial charge in [0.25, 0.3) is 0 Å². The van der Waals surface area contributed by atoms with E-state index in [1.165, 1.54) is 6.07 Å². The van der Waals surface area contributed by atoms with Crippen molar-refractivity contribution in [1.29, 1.82) is 0 Å². The number of hydrogen-bond donors (Lipinski definition) is 2. The molecule has 1 rings (SSSR count). The molecule has 60 valence electrons. The number of nitrogens with two attached hydrogens (primary N) is 1. The van der Waals surface area contributed by atoms with Crippen LogP contribution in [0.4, 0.5) is 20.2 Å². The lowest BCUT2D eigenvalue weighted by Crippen LogP contribution is -2.00. The number of rotatable bonds is 1. The molecule has 0 heterocycles. The van der Waals surface area contributed by atoms with Crippen LogP contribution in [0, 0.1) is 11.6 Å². The zero-order valence-electron chi connectivity index (χ0n) is 5.99. The van der Waals surface area contributed by atoms with Gasteiger partial charge in [0.2, 0.25) is 0 Å². The summed E-state index contributed by atoms with van der Waals surface area (Å²) in [5.41, 5.74) is 5.42. The SMILES string of the molecule is CNc1ccc(F)c(F)c1N. The van der Waals surface area contributed by atoms with Gasteiger partial charge in [-0.3, -0.25) is 0 Å². The Kier molecular flexibility index (Phi) is 1.94. The monoisotopic (exact) mass is 158 g/mol. The summed E-state index contributed by atoms with van der Waals surface area (Å²) in [6, 6.07) is 2.41. The molecule has 0 amide bonds. The predicted octanol–water partition coefficient (Wildman–Crippen LogP) is 1.59. The fourth-order valence-electron chi connectivity index (χ4n) is 0.784. The lowest BCUT2D eigenvalue weighted by Gasteiger charge is -2.04. The second kappa shape index (κ2) is 2.74. The molecule has 2 nitrogen and oxygen atoms in total. The average molecular weight is 158 g/mol. The molecule has 0 saturated heterocycles. The quantitative estimate of drug-likeness (QED) is 0.609. The summed E-state index contributed by atoms with van der Waals surface area (Å²) >= 11 is 0. The highest BCUT2D eigenvalue weighted by molar-refractivity contribution is 5.66. The summed E-state index contributed by atoms with van der Waals surface area (Å²) in [5, 5.41) is 2.63. The third-order valence-corrected chi connectivity index (χ3v) is 1.40. The number of hydrogen-bond acceptors (Lipinski definition) is 2. The first kappa shape index (κ1) is 7.78. The van der Waals surface area contributed by atoms with Gasteiger partial charge in [-0.05, 0) is 12.1 Å². The van der Waals surface area contributed by atoms with Gasteiger partial charge >= 0.3 is 0 Å². The second-order valence-electron chi connectivity index (χ2n) is 2.07. The number of benzene rings is 1. The maximum atomic E-state index is 12.6. The smallest absolute Gasteiger partial charge is 0.183 e. The minimum Gasteiger partial charge on any atom is -0.395 e. The Morgan fingerprint density at radius 1 is 1.36 bits per heavy atom. The van der Waals surface area contributed by atoms with Crippen LogP contribution in [0.3, 0.4) is 0 Å². The van der Waals surface area contributed by atoms with E-state index in [0.29, 0.717) is 5.69 Å². The van der Waals surface area contributed by atoms with Crippen LogP contribution in [0.5, 0.6) is 0 Å². The topological polar surface area (TPSA) is 38.0 Å². The fourth-order valence-corrected chi connectivity index (χ4v) is 0.784. The Labute approximate surface area is 63.0 Å². The molecule has 0 unspecified atom stereocenters. The van der Waals surface area contributed by atoms with Crippen molar-refractivity contribution in [2.45, 2.75) is 0 Å². The van der Waals surface area contributed by atoms with E-state index in [0.717, 1.165) is 6.07 Å². The highest BCUT2D eigenvalue weighted by atomic mass is 19.2. The lowest BCUT2D eigenvalue weighted by molar-refractivity contribution is 0.512. The molecule has 0 aliphatic heterocycles. The highest BCUT2D eigenvalue weighted by Gasteiger charge is 2.08. The fraction of sp³-hybridized carbons (Fsp3) is 0.143. The van der Waals surface area contributed by atoms with Crippen molar-refractivity contribution >= 4 is 11.4 Å². The summed E-state index contributed by atoms with van der Waals surface area (Å²) in [4.78, 5) is 0. The van der Waals surface area contributed by atoms with Crippen LogP contribution >= 0.6 is 0 Å². The first-order valence-electron chi connectivity index (χ1n) is 3.08. The molecule has 1 aromatic carbocycles. The third kappa shape index (κ3) is 1.24. The molecule has 0 radical (unpaired) electrons. The number of nitrogen functional groups attached to an aromatic ring is 1. The van der Waals surface area contributed by atoms with Crippen LogP contribution in [0.1, 0.15) is 0 Å². The number of nitrogens with one attached hydrogen (secondary N) is 1. The van der Waals surface area contributed by atoms with E-state index in [1.807, 2.05) is 0 Å². The summed E-state index contributed by atoms with van der Waals surface area (Å²) in [6.07, 6.45) is 0. The maximum Gasteiger partial charge on any atom is 0.183 e. The molecular weight excluding hydrogens is 150 g/mol. The van der Waals surface area contributed by atoms with E-state index in [1.54, 1.807) is 7.05 Å². The van der Waals surface area contributed by atoms with Crippen molar-refractivity contribution in [3.05, 3.63) is 23.8 Å². The van der Waals surface area contributed by atoms with Gasteiger partial charge in [-0.2, -0.15) is 0 Å². The van der Waals surface area contributed by atoms with Crippen molar-refractivity contribution in [2.75, 3.05) is 18.1 Å². The molecule has 0 aromatic heterocycles. The minimum absolute atomic E-state index is 0.187. The molecule has 11 heavy (non-hydrogen) atoms. The molecule has 0 aliphatic rings. The highest BCUT2D eigenvalue weighted by Crippen LogP contribution is 2.22. The molecule has 4 heteroatoms. The van der Waals surface area contributed by atoms with Crippen LogP contribution in [0.25, 0.3) is 0 Å². The Balaban J connectivity index is 3.25. The van der Waals surface area contributed by atoms with Gasteiger partial charge in [-0.25, -0.2) is 8.78 Å². The van der Waals surface area contributed by atoms with Crippen LogP contribution in [0.15, 0.2) is 12.1 Å². The van der Waals surface area contributed by atoms with Crippen LogP contribution < -0.4 is 11.1 Å². The van der Waals surface area contributed by atoms with Crippen molar-refractivity contribution < 1.29 is 8.78 Å². The lowest BCUT2D eigenvalue weighted by atomic mass is 10.2. The predicted molar refractivity (Wildman–Crippen MR) is 40.3 cm³/mol. The largest absolute Gasteiger partial charge is 0.395 e. The Hall–Kier alpha value is -1.32. The van der Waals surface area contributed by atoms with Gasteiger partial charge in [-0.1, -0.05) is 0 Å². The molecule has 0 aliphatic carbocycles. The zero-order valence-corrected chi connectivity index (χ0v) is 5.99. The van der Waals surface area contributed by atoms with E-state index >= 15 is 0 Å². The molecule has 1 aromatic rings. The molecule has 0 atom stereocenters. The normalized spacial score (nSPS) is 9.73. The summed E-state index contributed by atoms with van der Waals surface area (Å²) in [7, 11) is 1.59. The summed E-state index contributed by atoms with van der Waals surface area (Å²) < 4.78 is 25.1. The van der Waals surface area contributed by atoms with Gasteiger partial charge in [0, 0.05) is 7.05 Å². The van der Waals surface area contributed by atoms with E-state index in [-0.39, 0.29) is 5.69 Å². The van der Waals surface area contributed by atoms with Crippen LogP contribution in [-0.2, 0) is 0 Å². The van der Waals surface area contributed by atoms with Gasteiger partial charge < -0.3 is 11.1 Å². The first-order valence-corrected chi connectivity index (χ1v) is 3.08. The third-order valence-electron chi connectivity index (χ3n) is 1.40. The van der Waals surface area contributed by atoms with Gasteiger partial charge in [0.15, 0.2) is 11.6 Å². The molecule has 3 N–H and O–H groups in total.